The summed E-state index contributed by atoms with van der Waals surface area (Å²) in [6.45, 7) is 0. The summed E-state index contributed by atoms with van der Waals surface area (Å²) in [5.41, 5.74) is 9.12. The summed E-state index contributed by atoms with van der Waals surface area (Å²) in [5.74, 6) is -0.514. The highest BCUT2D eigenvalue weighted by Gasteiger charge is 2.15. The molecule has 15 heavy (non-hydrogen) atoms. The SMILES string of the molecule is [2H]C1=CN(C)NN1c1ccccc1C(N)=O. The molecule has 2 rings (SSSR count). The zero-order valence-electron chi connectivity index (χ0n) is 9.27. The van der Waals surface area contributed by atoms with E-state index in [2.05, 4.69) is 5.53 Å². The van der Waals surface area contributed by atoms with E-state index in [1.54, 1.807) is 42.5 Å². The largest absolute Gasteiger partial charge is 0.366 e. The average Bonchev–Trinajstić information content (AvgIpc) is 2.57. The molecule has 1 aromatic rings. The molecular formula is C10H12N4O. The summed E-state index contributed by atoms with van der Waals surface area (Å²) in [6, 6.07) is 6.88. The van der Waals surface area contributed by atoms with E-state index in [9.17, 15) is 4.79 Å². The number of amides is 1. The number of nitrogens with zero attached hydrogens (tertiary/aromatic N) is 2. The van der Waals surface area contributed by atoms with Gasteiger partial charge in [0.25, 0.3) is 5.91 Å². The molecule has 0 atom stereocenters. The Morgan fingerprint density at radius 1 is 1.53 bits per heavy atom. The Labute approximate surface area is 89.1 Å². The lowest BCUT2D eigenvalue weighted by Crippen LogP contribution is -2.37. The van der Waals surface area contributed by atoms with Gasteiger partial charge in [0, 0.05) is 19.4 Å². The van der Waals surface area contributed by atoms with Crippen LogP contribution in [0.5, 0.6) is 0 Å². The Hall–Kier alpha value is -2.01. The van der Waals surface area contributed by atoms with Crippen LogP contribution in [0.1, 0.15) is 11.7 Å². The van der Waals surface area contributed by atoms with Crippen LogP contribution in [-0.4, -0.2) is 18.0 Å². The normalized spacial score (nSPS) is 16.3. The van der Waals surface area contributed by atoms with Crippen LogP contribution in [0.4, 0.5) is 5.69 Å². The van der Waals surface area contributed by atoms with Gasteiger partial charge in [-0.15, -0.1) is 5.53 Å². The van der Waals surface area contributed by atoms with Gasteiger partial charge in [0.15, 0.2) is 0 Å². The lowest BCUT2D eigenvalue weighted by molar-refractivity contribution is 0.100. The van der Waals surface area contributed by atoms with Crippen LogP contribution < -0.4 is 16.3 Å². The molecule has 5 nitrogen and oxygen atoms in total. The summed E-state index contributed by atoms with van der Waals surface area (Å²) in [5, 5.41) is 3.11. The van der Waals surface area contributed by atoms with Gasteiger partial charge in [0.05, 0.1) is 12.6 Å². The monoisotopic (exact) mass is 205 g/mol. The number of benzene rings is 1. The van der Waals surface area contributed by atoms with Crippen molar-refractivity contribution in [2.24, 2.45) is 5.73 Å². The van der Waals surface area contributed by atoms with Crippen molar-refractivity contribution in [3.8, 4) is 0 Å². The number of para-hydroxylation sites is 1. The fraction of sp³-hybridized carbons (Fsp3) is 0.100. The molecule has 0 aromatic heterocycles. The van der Waals surface area contributed by atoms with Crippen LogP contribution in [0.15, 0.2) is 36.6 Å². The lowest BCUT2D eigenvalue weighted by Gasteiger charge is -2.21. The van der Waals surface area contributed by atoms with E-state index in [1.165, 1.54) is 5.01 Å². The summed E-state index contributed by atoms with van der Waals surface area (Å²) < 4.78 is 7.73. The topological polar surface area (TPSA) is 61.6 Å². The molecule has 0 fully saturated rings. The van der Waals surface area contributed by atoms with Crippen molar-refractivity contribution < 1.29 is 6.17 Å². The highest BCUT2D eigenvalue weighted by atomic mass is 16.1. The molecule has 1 aromatic carbocycles. The molecule has 0 spiro atoms. The molecule has 5 heteroatoms. The number of nitrogens with one attached hydrogen (secondary N) is 1. The number of hydrogen-bond donors (Lipinski definition) is 2. The summed E-state index contributed by atoms with van der Waals surface area (Å²) in [6.07, 6.45) is 1.84. The van der Waals surface area contributed by atoms with Crippen LogP contribution in [-0.2, 0) is 0 Å². The van der Waals surface area contributed by atoms with E-state index in [0.29, 0.717) is 11.3 Å². The van der Waals surface area contributed by atoms with Gasteiger partial charge in [-0.1, -0.05) is 12.1 Å². The molecular weight excluding hydrogens is 192 g/mol. The third kappa shape index (κ3) is 1.77. The highest BCUT2D eigenvalue weighted by Crippen LogP contribution is 2.20. The minimum atomic E-state index is -0.514. The van der Waals surface area contributed by atoms with E-state index in [1.807, 2.05) is 0 Å². The zero-order valence-corrected chi connectivity index (χ0v) is 8.27. The number of carbonyl (C=O) groups is 1. The van der Waals surface area contributed by atoms with Crippen LogP contribution in [0.2, 0.25) is 0 Å². The van der Waals surface area contributed by atoms with Gasteiger partial charge in [-0.3, -0.25) is 14.8 Å². The number of primary amides is 1. The maximum absolute atomic E-state index is 11.2. The fourth-order valence-electron chi connectivity index (χ4n) is 1.36. The van der Waals surface area contributed by atoms with Gasteiger partial charge in [-0.05, 0) is 12.1 Å². The molecule has 1 aliphatic rings. The Balaban J connectivity index is 2.42. The standard InChI is InChI=1S/C10H12N4O/c1-13-6-7-14(12-13)9-5-3-2-4-8(9)10(11)15/h2-7,12H,1H3,(H2,11,15)/i7D. The third-order valence-corrected chi connectivity index (χ3v) is 2.05. The van der Waals surface area contributed by atoms with Gasteiger partial charge in [-0.2, -0.15) is 0 Å². The molecule has 1 amide bonds. The Morgan fingerprint density at radius 3 is 2.87 bits per heavy atom. The maximum Gasteiger partial charge on any atom is 0.250 e. The van der Waals surface area contributed by atoms with Crippen molar-refractivity contribution >= 4 is 11.6 Å². The van der Waals surface area contributed by atoms with E-state index < -0.39 is 5.91 Å². The molecule has 0 radical (unpaired) electrons. The molecule has 3 N–H and O–H groups in total. The van der Waals surface area contributed by atoms with Gasteiger partial charge in [0.1, 0.15) is 0 Å². The predicted octanol–water partition coefficient (Wildman–Crippen LogP) is 0.428. The van der Waals surface area contributed by atoms with Crippen LogP contribution in [0.3, 0.4) is 0 Å². The number of hydrazine groups is 2. The van der Waals surface area contributed by atoms with Crippen molar-refractivity contribution in [1.82, 2.24) is 10.5 Å². The number of nitrogens with two attached hydrogens (primary N) is 1. The second-order valence-electron chi connectivity index (χ2n) is 3.19. The molecule has 0 bridgehead atoms. The van der Waals surface area contributed by atoms with Gasteiger partial charge in [0.2, 0.25) is 0 Å². The molecule has 78 valence electrons. The van der Waals surface area contributed by atoms with Crippen molar-refractivity contribution in [1.29, 1.82) is 0 Å². The Morgan fingerprint density at radius 2 is 2.27 bits per heavy atom. The minimum Gasteiger partial charge on any atom is -0.366 e. The predicted molar refractivity (Wildman–Crippen MR) is 57.5 cm³/mol. The van der Waals surface area contributed by atoms with Gasteiger partial charge < -0.3 is 5.73 Å². The quantitative estimate of drug-likeness (QED) is 0.735. The van der Waals surface area contributed by atoms with Crippen molar-refractivity contribution in [3.63, 3.8) is 0 Å². The number of carbonyl (C=O) groups excluding carboxylic acids is 1. The summed E-state index contributed by atoms with van der Waals surface area (Å²) in [4.78, 5) is 11.2. The fourth-order valence-corrected chi connectivity index (χ4v) is 1.36. The van der Waals surface area contributed by atoms with Crippen molar-refractivity contribution in [3.05, 3.63) is 42.2 Å². The first-order valence-electron chi connectivity index (χ1n) is 4.96. The molecule has 0 aliphatic carbocycles. The second-order valence-corrected chi connectivity index (χ2v) is 3.19. The highest BCUT2D eigenvalue weighted by molar-refractivity contribution is 5.98. The molecule has 1 aliphatic heterocycles. The van der Waals surface area contributed by atoms with Crippen LogP contribution >= 0.6 is 0 Å². The van der Waals surface area contributed by atoms with Gasteiger partial charge in [-0.25, -0.2) is 0 Å². The smallest absolute Gasteiger partial charge is 0.250 e. The number of anilines is 1. The molecule has 0 saturated heterocycles. The van der Waals surface area contributed by atoms with E-state index >= 15 is 0 Å². The van der Waals surface area contributed by atoms with Crippen molar-refractivity contribution in [2.75, 3.05) is 12.1 Å². The Kier molecular flexibility index (Phi) is 2.01. The lowest BCUT2D eigenvalue weighted by atomic mass is 10.1. The minimum absolute atomic E-state index is 0.246. The van der Waals surface area contributed by atoms with Crippen molar-refractivity contribution in [2.45, 2.75) is 0 Å². The number of hydrogen-bond acceptors (Lipinski definition) is 4. The first-order valence-corrected chi connectivity index (χ1v) is 4.46. The third-order valence-electron chi connectivity index (χ3n) is 2.05. The van der Waals surface area contributed by atoms with Gasteiger partial charge >= 0.3 is 0 Å². The van der Waals surface area contributed by atoms with Crippen LogP contribution in [0, 0.1) is 0 Å². The van der Waals surface area contributed by atoms with E-state index in [0.717, 1.165) is 0 Å². The first kappa shape index (κ1) is 8.31. The zero-order chi connectivity index (χ0) is 11.7. The molecule has 1 heterocycles. The average molecular weight is 205 g/mol. The first-order chi connectivity index (χ1) is 7.59. The number of rotatable bonds is 2. The van der Waals surface area contributed by atoms with E-state index in [4.69, 9.17) is 7.10 Å². The van der Waals surface area contributed by atoms with Crippen LogP contribution in [0.25, 0.3) is 0 Å². The molecule has 0 saturated carbocycles. The second kappa shape index (κ2) is 3.62. The maximum atomic E-state index is 11.2. The summed E-state index contributed by atoms with van der Waals surface area (Å²) >= 11 is 0. The Bertz CT molecular complexity index is 460. The summed E-state index contributed by atoms with van der Waals surface area (Å²) in [7, 11) is 1.77. The molecule has 0 unspecified atom stereocenters. The van der Waals surface area contributed by atoms with E-state index in [-0.39, 0.29) is 6.18 Å².